The van der Waals surface area contributed by atoms with E-state index < -0.39 is 10.8 Å². The maximum absolute atomic E-state index is 12.9. The van der Waals surface area contributed by atoms with Crippen molar-refractivity contribution < 1.29 is 4.21 Å². The molecule has 0 heterocycles. The molecule has 1 fully saturated rings. The average Bonchev–Trinajstić information content (AvgIpc) is 2.54. The summed E-state index contributed by atoms with van der Waals surface area (Å²) in [6.07, 6.45) is 4.35. The molecule has 3 rings (SSSR count). The van der Waals surface area contributed by atoms with Crippen LogP contribution in [0.4, 0.5) is 0 Å². The van der Waals surface area contributed by atoms with Crippen molar-refractivity contribution in [2.24, 2.45) is 11.7 Å². The summed E-state index contributed by atoms with van der Waals surface area (Å²) in [7, 11) is -1.00. The van der Waals surface area contributed by atoms with Crippen molar-refractivity contribution >= 4 is 21.6 Å². The van der Waals surface area contributed by atoms with E-state index in [0.29, 0.717) is 5.92 Å². The lowest BCUT2D eigenvalue weighted by Gasteiger charge is -2.33. The predicted octanol–water partition coefficient (Wildman–Crippen LogP) is 3.85. The largest absolute Gasteiger partial charge is 0.327 e. The quantitative estimate of drug-likeness (QED) is 0.935. The summed E-state index contributed by atoms with van der Waals surface area (Å²) in [6.45, 7) is 2.22. The minimum atomic E-state index is -1.00. The van der Waals surface area contributed by atoms with Gasteiger partial charge in [-0.15, -0.1) is 0 Å². The Balaban J connectivity index is 1.88. The van der Waals surface area contributed by atoms with Gasteiger partial charge >= 0.3 is 0 Å². The van der Waals surface area contributed by atoms with Crippen LogP contribution < -0.4 is 5.73 Å². The van der Waals surface area contributed by atoms with E-state index in [1.807, 2.05) is 18.2 Å². The molecule has 4 atom stereocenters. The van der Waals surface area contributed by atoms with Crippen molar-refractivity contribution in [3.63, 3.8) is 0 Å². The van der Waals surface area contributed by atoms with Gasteiger partial charge in [-0.2, -0.15) is 0 Å². The molecule has 21 heavy (non-hydrogen) atoms. The molecule has 112 valence electrons. The zero-order valence-corrected chi connectivity index (χ0v) is 13.3. The Morgan fingerprint density at radius 2 is 1.90 bits per heavy atom. The monoisotopic (exact) mass is 301 g/mol. The van der Waals surface area contributed by atoms with E-state index >= 15 is 0 Å². The highest BCUT2D eigenvalue weighted by Gasteiger charge is 2.32. The molecule has 0 bridgehead atoms. The minimum absolute atomic E-state index is 0.0695. The van der Waals surface area contributed by atoms with Crippen molar-refractivity contribution in [2.45, 2.75) is 48.8 Å². The standard InChI is InChI=1S/C18H23NOS/c1-2-13-7-10-17(19)18(11-13)21(20)16-9-8-14-5-3-4-6-15(14)12-16/h3-6,8-9,12-13,17-18H,2,7,10-11,19H2,1H3. The first-order valence-electron chi connectivity index (χ1n) is 7.84. The maximum atomic E-state index is 12.9. The Labute approximate surface area is 129 Å². The molecule has 0 saturated heterocycles. The second-order valence-electron chi connectivity index (χ2n) is 6.10. The Morgan fingerprint density at radius 3 is 2.67 bits per heavy atom. The van der Waals surface area contributed by atoms with E-state index in [1.165, 1.54) is 11.8 Å². The normalized spacial score (nSPS) is 27.6. The van der Waals surface area contributed by atoms with Gasteiger partial charge in [0.05, 0.1) is 16.0 Å². The fourth-order valence-corrected chi connectivity index (χ4v) is 5.01. The van der Waals surface area contributed by atoms with Gasteiger partial charge in [0.25, 0.3) is 0 Å². The van der Waals surface area contributed by atoms with Gasteiger partial charge in [0.2, 0.25) is 0 Å². The third kappa shape index (κ3) is 3.04. The summed E-state index contributed by atoms with van der Waals surface area (Å²) in [5, 5.41) is 2.45. The Kier molecular flexibility index (Phi) is 4.41. The zero-order valence-electron chi connectivity index (χ0n) is 12.5. The minimum Gasteiger partial charge on any atom is -0.327 e. The fourth-order valence-electron chi connectivity index (χ4n) is 3.32. The summed E-state index contributed by atoms with van der Waals surface area (Å²) < 4.78 is 12.9. The molecule has 0 spiro atoms. The van der Waals surface area contributed by atoms with Crippen molar-refractivity contribution in [3.8, 4) is 0 Å². The Morgan fingerprint density at radius 1 is 1.14 bits per heavy atom. The van der Waals surface area contributed by atoms with Gasteiger partial charge in [0, 0.05) is 10.9 Å². The molecule has 2 aromatic rings. The summed E-state index contributed by atoms with van der Waals surface area (Å²) in [5.74, 6) is 0.680. The molecule has 1 aliphatic carbocycles. The van der Waals surface area contributed by atoms with Gasteiger partial charge in [-0.3, -0.25) is 4.21 Å². The van der Waals surface area contributed by atoms with E-state index in [2.05, 4.69) is 31.2 Å². The Bertz CT molecular complexity index is 654. The summed E-state index contributed by atoms with van der Waals surface area (Å²) in [5.41, 5.74) is 6.25. The van der Waals surface area contributed by atoms with Crippen LogP contribution in [0.5, 0.6) is 0 Å². The fraction of sp³-hybridized carbons (Fsp3) is 0.444. The van der Waals surface area contributed by atoms with Crippen molar-refractivity contribution in [1.29, 1.82) is 0 Å². The van der Waals surface area contributed by atoms with Gasteiger partial charge in [-0.05, 0) is 48.1 Å². The molecule has 3 heteroatoms. The van der Waals surface area contributed by atoms with Crippen LogP contribution in [0.15, 0.2) is 47.4 Å². The van der Waals surface area contributed by atoms with Gasteiger partial charge < -0.3 is 5.73 Å². The van der Waals surface area contributed by atoms with Crippen LogP contribution in [0, 0.1) is 5.92 Å². The third-order valence-corrected chi connectivity index (χ3v) is 6.57. The van der Waals surface area contributed by atoms with Crippen LogP contribution in [0.3, 0.4) is 0 Å². The second kappa shape index (κ2) is 6.29. The lowest BCUT2D eigenvalue weighted by molar-refractivity contribution is 0.324. The first-order chi connectivity index (χ1) is 10.2. The number of hydrogen-bond donors (Lipinski definition) is 1. The van der Waals surface area contributed by atoms with Crippen LogP contribution in [0.25, 0.3) is 10.8 Å². The molecular formula is C18H23NOS. The number of rotatable bonds is 3. The van der Waals surface area contributed by atoms with Crippen LogP contribution in [0.2, 0.25) is 0 Å². The van der Waals surface area contributed by atoms with Crippen molar-refractivity contribution in [2.75, 3.05) is 0 Å². The molecular weight excluding hydrogens is 278 g/mol. The van der Waals surface area contributed by atoms with E-state index in [0.717, 1.165) is 29.5 Å². The highest BCUT2D eigenvalue weighted by atomic mass is 32.2. The molecule has 4 unspecified atom stereocenters. The lowest BCUT2D eigenvalue weighted by Crippen LogP contribution is -2.42. The summed E-state index contributed by atoms with van der Waals surface area (Å²) >= 11 is 0. The number of nitrogens with two attached hydrogens (primary N) is 1. The van der Waals surface area contributed by atoms with Gasteiger partial charge in [0.1, 0.15) is 0 Å². The SMILES string of the molecule is CCC1CCC(N)C(S(=O)c2ccc3ccccc3c2)C1. The van der Waals surface area contributed by atoms with Crippen LogP contribution in [-0.2, 0) is 10.8 Å². The molecule has 0 aromatic heterocycles. The van der Waals surface area contributed by atoms with Crippen LogP contribution in [0.1, 0.15) is 32.6 Å². The number of fused-ring (bicyclic) bond motifs is 1. The Hall–Kier alpha value is -1.19. The van der Waals surface area contributed by atoms with E-state index in [1.54, 1.807) is 0 Å². The van der Waals surface area contributed by atoms with E-state index in [4.69, 9.17) is 5.73 Å². The zero-order chi connectivity index (χ0) is 14.8. The average molecular weight is 301 g/mol. The van der Waals surface area contributed by atoms with E-state index in [-0.39, 0.29) is 11.3 Å². The molecule has 1 aliphatic rings. The maximum Gasteiger partial charge on any atom is 0.0576 e. The van der Waals surface area contributed by atoms with Crippen molar-refractivity contribution in [1.82, 2.24) is 0 Å². The first-order valence-corrected chi connectivity index (χ1v) is 9.05. The summed E-state index contributed by atoms with van der Waals surface area (Å²) in [6, 6.07) is 14.4. The topological polar surface area (TPSA) is 43.1 Å². The lowest BCUT2D eigenvalue weighted by atomic mass is 9.84. The van der Waals surface area contributed by atoms with Gasteiger partial charge in [0.15, 0.2) is 0 Å². The summed E-state index contributed by atoms with van der Waals surface area (Å²) in [4.78, 5) is 0.922. The number of benzene rings is 2. The molecule has 2 aromatic carbocycles. The first kappa shape index (κ1) is 14.7. The highest BCUT2D eigenvalue weighted by molar-refractivity contribution is 7.85. The molecule has 0 radical (unpaired) electrons. The van der Waals surface area contributed by atoms with Gasteiger partial charge in [-0.1, -0.05) is 43.7 Å². The molecule has 2 N–H and O–H groups in total. The molecule has 1 saturated carbocycles. The van der Waals surface area contributed by atoms with E-state index in [9.17, 15) is 4.21 Å². The highest BCUT2D eigenvalue weighted by Crippen LogP contribution is 2.31. The molecule has 2 nitrogen and oxygen atoms in total. The van der Waals surface area contributed by atoms with Crippen LogP contribution >= 0.6 is 0 Å². The smallest absolute Gasteiger partial charge is 0.0576 e. The number of hydrogen-bond acceptors (Lipinski definition) is 2. The molecule has 0 aliphatic heterocycles. The third-order valence-electron chi connectivity index (χ3n) is 4.76. The molecule has 0 amide bonds. The predicted molar refractivity (Wildman–Crippen MR) is 89.8 cm³/mol. The second-order valence-corrected chi connectivity index (χ2v) is 7.77. The van der Waals surface area contributed by atoms with Gasteiger partial charge in [-0.25, -0.2) is 0 Å². The van der Waals surface area contributed by atoms with Crippen molar-refractivity contribution in [3.05, 3.63) is 42.5 Å². The van der Waals surface area contributed by atoms with Crippen LogP contribution in [-0.4, -0.2) is 15.5 Å².